The Morgan fingerprint density at radius 2 is 2.03 bits per heavy atom. The van der Waals surface area contributed by atoms with Gasteiger partial charge in [-0.05, 0) is 19.1 Å². The van der Waals surface area contributed by atoms with E-state index in [2.05, 4.69) is 30.5 Å². The van der Waals surface area contributed by atoms with Crippen molar-refractivity contribution in [2.75, 3.05) is 41.5 Å². The number of hydrogen-bond acceptors (Lipinski definition) is 9. The molecule has 2 N–H and O–H groups in total. The van der Waals surface area contributed by atoms with Crippen LogP contribution in [-0.2, 0) is 20.3 Å². The maximum Gasteiger partial charge on any atom is 0.325 e. The van der Waals surface area contributed by atoms with Crippen LogP contribution in [0.2, 0.25) is 0 Å². The van der Waals surface area contributed by atoms with Crippen LogP contribution < -0.4 is 15.5 Å². The lowest BCUT2D eigenvalue weighted by atomic mass is 10.2. The number of nitrogens with zero attached hydrogens (tertiary/aromatic N) is 4. The van der Waals surface area contributed by atoms with Gasteiger partial charge in [-0.3, -0.25) is 5.32 Å². The number of aromatic nitrogens is 3. The van der Waals surface area contributed by atoms with Gasteiger partial charge in [-0.1, -0.05) is 29.5 Å². The predicted octanol–water partition coefficient (Wildman–Crippen LogP) is 3.01. The van der Waals surface area contributed by atoms with E-state index < -0.39 is 15.9 Å². The van der Waals surface area contributed by atoms with Crippen molar-refractivity contribution in [2.24, 2.45) is 0 Å². The maximum absolute atomic E-state index is 12.3. The van der Waals surface area contributed by atoms with Crippen LogP contribution >= 0.6 is 11.3 Å². The van der Waals surface area contributed by atoms with Crippen molar-refractivity contribution in [1.82, 2.24) is 15.0 Å². The molecule has 1 aromatic carbocycles. The molecule has 1 fully saturated rings. The SMILES string of the molecule is C[C@H]1COCCN1c1cc(CS(C)(=O)=O)nc(-c2cnc(NC(=O)Nc3ccccc3)s2)n1. The van der Waals surface area contributed by atoms with Gasteiger partial charge in [0, 0.05) is 24.6 Å². The van der Waals surface area contributed by atoms with Gasteiger partial charge in [0.25, 0.3) is 0 Å². The molecule has 174 valence electrons. The van der Waals surface area contributed by atoms with Crippen molar-refractivity contribution < 1.29 is 17.9 Å². The molecule has 3 aromatic rings. The first-order chi connectivity index (χ1) is 15.8. The fourth-order valence-corrected chi connectivity index (χ4v) is 4.80. The van der Waals surface area contributed by atoms with Crippen LogP contribution in [0.5, 0.6) is 0 Å². The molecular weight excluding hydrogens is 464 g/mol. The van der Waals surface area contributed by atoms with Crippen LogP contribution in [-0.4, -0.2) is 61.5 Å². The average Bonchev–Trinajstić information content (AvgIpc) is 3.21. The van der Waals surface area contributed by atoms with Gasteiger partial charge in [-0.15, -0.1) is 0 Å². The van der Waals surface area contributed by atoms with Gasteiger partial charge in [0.05, 0.1) is 41.8 Å². The molecule has 4 rings (SSSR count). The highest BCUT2D eigenvalue weighted by Gasteiger charge is 2.23. The van der Waals surface area contributed by atoms with E-state index in [1.54, 1.807) is 24.4 Å². The van der Waals surface area contributed by atoms with Gasteiger partial charge >= 0.3 is 6.03 Å². The molecule has 0 bridgehead atoms. The van der Waals surface area contributed by atoms with Crippen molar-refractivity contribution in [1.29, 1.82) is 0 Å². The van der Waals surface area contributed by atoms with E-state index in [4.69, 9.17) is 4.74 Å². The van der Waals surface area contributed by atoms with E-state index in [1.165, 1.54) is 17.6 Å². The molecule has 10 nitrogen and oxygen atoms in total. The highest BCUT2D eigenvalue weighted by atomic mass is 32.2. The van der Waals surface area contributed by atoms with E-state index in [1.807, 2.05) is 25.1 Å². The third-order valence-electron chi connectivity index (χ3n) is 4.82. The summed E-state index contributed by atoms with van der Waals surface area (Å²) < 4.78 is 29.3. The van der Waals surface area contributed by atoms with E-state index in [0.29, 0.717) is 52.8 Å². The summed E-state index contributed by atoms with van der Waals surface area (Å²) in [7, 11) is -3.29. The fourth-order valence-electron chi connectivity index (χ4n) is 3.37. The number of carbonyl (C=O) groups excluding carboxylic acids is 1. The number of thiazole rings is 1. The number of carbonyl (C=O) groups is 1. The van der Waals surface area contributed by atoms with Crippen LogP contribution in [0, 0.1) is 0 Å². The molecule has 33 heavy (non-hydrogen) atoms. The lowest BCUT2D eigenvalue weighted by Crippen LogP contribution is -2.44. The molecule has 0 saturated carbocycles. The summed E-state index contributed by atoms with van der Waals surface area (Å²) in [4.78, 5) is 28.3. The molecule has 1 aliphatic heterocycles. The Labute approximate surface area is 196 Å². The second-order valence-electron chi connectivity index (χ2n) is 7.70. The Balaban J connectivity index is 1.58. The Morgan fingerprint density at radius 1 is 1.24 bits per heavy atom. The summed E-state index contributed by atoms with van der Waals surface area (Å²) >= 11 is 1.21. The summed E-state index contributed by atoms with van der Waals surface area (Å²) in [5, 5.41) is 5.80. The van der Waals surface area contributed by atoms with Gasteiger partial charge < -0.3 is 15.0 Å². The van der Waals surface area contributed by atoms with E-state index in [9.17, 15) is 13.2 Å². The number of sulfone groups is 1. The quantitative estimate of drug-likeness (QED) is 0.542. The van der Waals surface area contributed by atoms with Crippen molar-refractivity contribution in [3.8, 4) is 10.7 Å². The van der Waals surface area contributed by atoms with Gasteiger partial charge in [0.2, 0.25) is 0 Å². The lowest BCUT2D eigenvalue weighted by Gasteiger charge is -2.34. The zero-order valence-corrected chi connectivity index (χ0v) is 19.8. The predicted molar refractivity (Wildman–Crippen MR) is 128 cm³/mol. The summed E-state index contributed by atoms with van der Waals surface area (Å²) in [5.74, 6) is 0.801. The van der Waals surface area contributed by atoms with Crippen LogP contribution in [0.15, 0.2) is 42.6 Å². The topological polar surface area (TPSA) is 126 Å². The lowest BCUT2D eigenvalue weighted by molar-refractivity contribution is 0.0985. The minimum absolute atomic E-state index is 0.0907. The zero-order valence-electron chi connectivity index (χ0n) is 18.2. The van der Waals surface area contributed by atoms with E-state index in [0.717, 1.165) is 0 Å². The van der Waals surface area contributed by atoms with Crippen molar-refractivity contribution in [2.45, 2.75) is 18.7 Å². The highest BCUT2D eigenvalue weighted by molar-refractivity contribution is 7.89. The monoisotopic (exact) mass is 488 g/mol. The fraction of sp³-hybridized carbons (Fsp3) is 0.333. The number of nitrogens with one attached hydrogen (secondary N) is 2. The Bertz CT molecular complexity index is 1230. The molecule has 12 heteroatoms. The Hall–Kier alpha value is -3.09. The number of urea groups is 1. The molecule has 1 atom stereocenters. The normalized spacial score (nSPS) is 16.4. The summed E-state index contributed by atoms with van der Waals surface area (Å²) in [6, 6.07) is 10.4. The molecular formula is C21H24N6O4S2. The number of hydrogen-bond donors (Lipinski definition) is 2. The number of rotatable bonds is 6. The van der Waals surface area contributed by atoms with Crippen LogP contribution in [0.4, 0.5) is 21.4 Å². The first-order valence-electron chi connectivity index (χ1n) is 10.3. The number of para-hydroxylation sites is 1. The molecule has 0 aliphatic carbocycles. The van der Waals surface area contributed by atoms with Crippen LogP contribution in [0.1, 0.15) is 12.6 Å². The minimum atomic E-state index is -3.29. The van der Waals surface area contributed by atoms with Crippen molar-refractivity contribution in [3.05, 3.63) is 48.3 Å². The summed E-state index contributed by atoms with van der Waals surface area (Å²) in [6.07, 6.45) is 2.74. The summed E-state index contributed by atoms with van der Waals surface area (Å²) in [5.41, 5.74) is 1.06. The van der Waals surface area contributed by atoms with Gasteiger partial charge in [-0.2, -0.15) is 0 Å². The smallest absolute Gasteiger partial charge is 0.325 e. The standard InChI is InChI=1S/C21H24N6O4S2/c1-14-12-31-9-8-27(14)18-10-16(13-33(2,29)30)23-19(25-18)17-11-22-21(32-17)26-20(28)24-15-6-4-3-5-7-15/h3-7,10-11,14H,8-9,12-13H2,1-2H3,(H2,22,24,26,28)/t14-/m0/s1. The van der Waals surface area contributed by atoms with Gasteiger partial charge in [0.15, 0.2) is 20.8 Å². The number of anilines is 3. The average molecular weight is 489 g/mol. The first kappa shape index (κ1) is 23.1. The van der Waals surface area contributed by atoms with Crippen LogP contribution in [0.3, 0.4) is 0 Å². The zero-order chi connectivity index (χ0) is 23.4. The number of ether oxygens (including phenoxy) is 1. The molecule has 0 unspecified atom stereocenters. The Kier molecular flexibility index (Phi) is 6.86. The third-order valence-corrected chi connectivity index (χ3v) is 6.54. The minimum Gasteiger partial charge on any atom is -0.377 e. The number of morpholine rings is 1. The summed E-state index contributed by atoms with van der Waals surface area (Å²) in [6.45, 7) is 3.80. The third kappa shape index (κ3) is 6.24. The second kappa shape index (κ2) is 9.81. The Morgan fingerprint density at radius 3 is 2.76 bits per heavy atom. The molecule has 1 aliphatic rings. The van der Waals surface area contributed by atoms with E-state index >= 15 is 0 Å². The van der Waals surface area contributed by atoms with Gasteiger partial charge in [-0.25, -0.2) is 28.2 Å². The molecule has 2 aromatic heterocycles. The highest BCUT2D eigenvalue weighted by Crippen LogP contribution is 2.29. The number of benzene rings is 1. The first-order valence-corrected chi connectivity index (χ1v) is 13.1. The molecule has 3 heterocycles. The van der Waals surface area contributed by atoms with Gasteiger partial charge in [0.1, 0.15) is 5.82 Å². The second-order valence-corrected chi connectivity index (χ2v) is 10.9. The van der Waals surface area contributed by atoms with Crippen molar-refractivity contribution >= 4 is 43.8 Å². The van der Waals surface area contributed by atoms with Crippen LogP contribution in [0.25, 0.3) is 10.7 Å². The maximum atomic E-state index is 12.3. The molecule has 1 saturated heterocycles. The molecule has 0 radical (unpaired) electrons. The van der Waals surface area contributed by atoms with E-state index in [-0.39, 0.29) is 11.8 Å². The number of amides is 2. The van der Waals surface area contributed by atoms with Crippen molar-refractivity contribution in [3.63, 3.8) is 0 Å². The molecule has 0 spiro atoms. The largest absolute Gasteiger partial charge is 0.377 e. The molecule has 2 amide bonds.